The largest absolute Gasteiger partial charge is 0.316 e. The van der Waals surface area contributed by atoms with E-state index in [1.165, 1.54) is 0 Å². The fourth-order valence-corrected chi connectivity index (χ4v) is 0.996. The molecule has 4 heteroatoms. The maximum atomic E-state index is 10.7. The number of hydrazine groups is 1. The van der Waals surface area contributed by atoms with Crippen molar-refractivity contribution in [2.45, 2.75) is 6.42 Å². The number of rotatable bonds is 1. The van der Waals surface area contributed by atoms with Gasteiger partial charge in [0.25, 0.3) is 0 Å². The third-order valence-electron chi connectivity index (χ3n) is 1.57. The van der Waals surface area contributed by atoms with Crippen LogP contribution in [0.15, 0.2) is 0 Å². The maximum absolute atomic E-state index is 10.7. The molecule has 0 saturated carbocycles. The highest BCUT2D eigenvalue weighted by molar-refractivity contribution is 5.78. The number of nitrogens with two attached hydrogens (primary N) is 1. The first-order valence-electron chi connectivity index (χ1n) is 3.06. The summed E-state index contributed by atoms with van der Waals surface area (Å²) in [5, 5.41) is 3.07. The highest BCUT2D eigenvalue weighted by atomic mass is 16.2. The second-order valence-corrected chi connectivity index (χ2v) is 2.20. The minimum atomic E-state index is -0.0556. The summed E-state index contributed by atoms with van der Waals surface area (Å²) in [5.74, 6) is 4.96. The van der Waals surface area contributed by atoms with E-state index in [4.69, 9.17) is 5.84 Å². The van der Waals surface area contributed by atoms with Gasteiger partial charge in [0.15, 0.2) is 0 Å². The van der Waals surface area contributed by atoms with E-state index in [0.29, 0.717) is 0 Å². The molecule has 0 aromatic heterocycles. The van der Waals surface area contributed by atoms with Crippen molar-refractivity contribution in [3.05, 3.63) is 0 Å². The average molecular weight is 129 g/mol. The molecule has 0 aliphatic carbocycles. The topological polar surface area (TPSA) is 67.1 Å². The van der Waals surface area contributed by atoms with Crippen LogP contribution in [0.25, 0.3) is 0 Å². The Kier molecular flexibility index (Phi) is 2.02. The number of hydrogen-bond acceptors (Lipinski definition) is 3. The highest BCUT2D eigenvalue weighted by Gasteiger charge is 2.20. The van der Waals surface area contributed by atoms with Crippen molar-refractivity contribution in [3.63, 3.8) is 0 Å². The number of nitrogens with one attached hydrogen (secondary N) is 2. The maximum Gasteiger partial charge on any atom is 0.238 e. The van der Waals surface area contributed by atoms with Crippen LogP contribution in [0.3, 0.4) is 0 Å². The summed E-state index contributed by atoms with van der Waals surface area (Å²) in [5.41, 5.74) is 2.13. The second-order valence-electron chi connectivity index (χ2n) is 2.20. The van der Waals surface area contributed by atoms with E-state index in [1.54, 1.807) is 0 Å². The van der Waals surface area contributed by atoms with Crippen LogP contribution in [0.1, 0.15) is 6.42 Å². The van der Waals surface area contributed by atoms with Gasteiger partial charge < -0.3 is 5.32 Å². The van der Waals surface area contributed by atoms with Crippen LogP contribution in [0, 0.1) is 5.92 Å². The fraction of sp³-hybridized carbons (Fsp3) is 0.800. The van der Waals surface area contributed by atoms with Crippen LogP contribution in [0.4, 0.5) is 0 Å². The van der Waals surface area contributed by atoms with Crippen molar-refractivity contribution in [2.75, 3.05) is 13.1 Å². The Bertz CT molecular complexity index is 109. The first kappa shape index (κ1) is 6.51. The molecule has 0 spiro atoms. The van der Waals surface area contributed by atoms with Crippen molar-refractivity contribution >= 4 is 5.91 Å². The number of amides is 1. The van der Waals surface area contributed by atoms with E-state index in [1.807, 2.05) is 0 Å². The number of carbonyl (C=O) groups excluding carboxylic acids is 1. The van der Waals surface area contributed by atoms with Gasteiger partial charge >= 0.3 is 0 Å². The minimum absolute atomic E-state index is 0.0556. The van der Waals surface area contributed by atoms with Gasteiger partial charge in [-0.2, -0.15) is 0 Å². The molecule has 0 radical (unpaired) electrons. The Balaban J connectivity index is 2.32. The molecule has 1 rings (SSSR count). The molecule has 0 aromatic rings. The van der Waals surface area contributed by atoms with E-state index >= 15 is 0 Å². The molecule has 4 N–H and O–H groups in total. The zero-order chi connectivity index (χ0) is 6.69. The van der Waals surface area contributed by atoms with Crippen molar-refractivity contribution in [1.82, 2.24) is 10.7 Å². The molecule has 1 fully saturated rings. The zero-order valence-electron chi connectivity index (χ0n) is 5.18. The SMILES string of the molecule is NNC(=O)[C@H]1CCNC1. The average Bonchev–Trinajstić information content (AvgIpc) is 2.37. The Morgan fingerprint density at radius 3 is 3.00 bits per heavy atom. The third-order valence-corrected chi connectivity index (χ3v) is 1.57. The molecule has 1 heterocycles. The van der Waals surface area contributed by atoms with Gasteiger partial charge in [-0.3, -0.25) is 10.2 Å². The van der Waals surface area contributed by atoms with E-state index < -0.39 is 0 Å². The van der Waals surface area contributed by atoms with Crippen LogP contribution < -0.4 is 16.6 Å². The molecular formula is C5H11N3O. The summed E-state index contributed by atoms with van der Waals surface area (Å²) >= 11 is 0. The molecule has 0 bridgehead atoms. The van der Waals surface area contributed by atoms with Gasteiger partial charge in [-0.15, -0.1) is 0 Å². The van der Waals surface area contributed by atoms with Gasteiger partial charge in [-0.1, -0.05) is 0 Å². The van der Waals surface area contributed by atoms with Gasteiger partial charge in [-0.25, -0.2) is 5.84 Å². The van der Waals surface area contributed by atoms with E-state index in [-0.39, 0.29) is 11.8 Å². The lowest BCUT2D eigenvalue weighted by atomic mass is 10.1. The lowest BCUT2D eigenvalue weighted by Gasteiger charge is -2.03. The van der Waals surface area contributed by atoms with Gasteiger partial charge in [0.1, 0.15) is 0 Å². The van der Waals surface area contributed by atoms with Gasteiger partial charge in [-0.05, 0) is 13.0 Å². The first-order chi connectivity index (χ1) is 4.34. The van der Waals surface area contributed by atoms with Crippen LogP contribution in [-0.2, 0) is 4.79 Å². The zero-order valence-corrected chi connectivity index (χ0v) is 5.18. The summed E-state index contributed by atoms with van der Waals surface area (Å²) in [6, 6.07) is 0. The summed E-state index contributed by atoms with van der Waals surface area (Å²) in [6.45, 7) is 1.70. The Morgan fingerprint density at radius 1 is 1.78 bits per heavy atom. The monoisotopic (exact) mass is 129 g/mol. The summed E-state index contributed by atoms with van der Waals surface area (Å²) in [4.78, 5) is 10.7. The standard InChI is InChI=1S/C5H11N3O/c6-8-5(9)4-1-2-7-3-4/h4,7H,1-3,6H2,(H,8,9)/t4-/m0/s1. The molecule has 52 valence electrons. The van der Waals surface area contributed by atoms with Crippen LogP contribution in [0.5, 0.6) is 0 Å². The molecule has 1 aliphatic rings. The van der Waals surface area contributed by atoms with Gasteiger partial charge in [0.2, 0.25) is 5.91 Å². The molecule has 0 unspecified atom stereocenters. The summed E-state index contributed by atoms with van der Waals surface area (Å²) < 4.78 is 0. The highest BCUT2D eigenvalue weighted by Crippen LogP contribution is 2.05. The first-order valence-corrected chi connectivity index (χ1v) is 3.06. The van der Waals surface area contributed by atoms with Gasteiger partial charge in [0, 0.05) is 6.54 Å². The smallest absolute Gasteiger partial charge is 0.238 e. The van der Waals surface area contributed by atoms with Crippen LogP contribution >= 0.6 is 0 Å². The molecule has 1 amide bonds. The summed E-state index contributed by atoms with van der Waals surface area (Å²) in [7, 11) is 0. The molecule has 9 heavy (non-hydrogen) atoms. The Labute approximate surface area is 53.8 Å². The van der Waals surface area contributed by atoms with E-state index in [2.05, 4.69) is 10.7 Å². The Hall–Kier alpha value is -0.610. The normalized spacial score (nSPS) is 26.1. The van der Waals surface area contributed by atoms with Crippen LogP contribution in [0.2, 0.25) is 0 Å². The van der Waals surface area contributed by atoms with E-state index in [9.17, 15) is 4.79 Å². The molecule has 1 aliphatic heterocycles. The second kappa shape index (κ2) is 2.80. The minimum Gasteiger partial charge on any atom is -0.316 e. The number of carbonyl (C=O) groups is 1. The van der Waals surface area contributed by atoms with Crippen LogP contribution in [-0.4, -0.2) is 19.0 Å². The van der Waals surface area contributed by atoms with Crippen molar-refractivity contribution in [2.24, 2.45) is 11.8 Å². The lowest BCUT2D eigenvalue weighted by molar-refractivity contribution is -0.124. The fourth-order valence-electron chi connectivity index (χ4n) is 0.996. The predicted octanol–water partition coefficient (Wildman–Crippen LogP) is -1.41. The quantitative estimate of drug-likeness (QED) is 0.231. The molecule has 1 saturated heterocycles. The van der Waals surface area contributed by atoms with E-state index in [0.717, 1.165) is 19.5 Å². The molecular weight excluding hydrogens is 118 g/mol. The number of hydrogen-bond donors (Lipinski definition) is 3. The predicted molar refractivity (Wildman–Crippen MR) is 33.3 cm³/mol. The van der Waals surface area contributed by atoms with Crippen molar-refractivity contribution < 1.29 is 4.79 Å². The molecule has 0 aromatic carbocycles. The molecule has 4 nitrogen and oxygen atoms in total. The molecule has 1 atom stereocenters. The Morgan fingerprint density at radius 2 is 2.56 bits per heavy atom. The lowest BCUT2D eigenvalue weighted by Crippen LogP contribution is -2.36. The third kappa shape index (κ3) is 1.40. The summed E-state index contributed by atoms with van der Waals surface area (Å²) in [6.07, 6.45) is 0.906. The van der Waals surface area contributed by atoms with Crippen molar-refractivity contribution in [1.29, 1.82) is 0 Å². The van der Waals surface area contributed by atoms with Crippen molar-refractivity contribution in [3.8, 4) is 0 Å². The van der Waals surface area contributed by atoms with Gasteiger partial charge in [0.05, 0.1) is 5.92 Å².